The Kier molecular flexibility index (Phi) is 5.64. The lowest BCUT2D eigenvalue weighted by Crippen LogP contribution is -2.21. The van der Waals surface area contributed by atoms with Gasteiger partial charge in [-0.05, 0) is 49.2 Å². The standard InChI is InChI=1S/C17H15Cl2NO3/c1-10-4-3-5-15(11(10)2)20-16(21)9-23-17(22)12-6-7-13(18)14(19)8-12/h3-8H,9H2,1-2H3,(H,20,21). The summed E-state index contributed by atoms with van der Waals surface area (Å²) in [5, 5.41) is 3.31. The number of rotatable bonds is 4. The van der Waals surface area contributed by atoms with E-state index in [1.54, 1.807) is 6.07 Å². The Balaban J connectivity index is 1.94. The molecule has 0 aromatic heterocycles. The molecule has 1 N–H and O–H groups in total. The summed E-state index contributed by atoms with van der Waals surface area (Å²) >= 11 is 11.6. The molecule has 23 heavy (non-hydrogen) atoms. The number of halogens is 2. The highest BCUT2D eigenvalue weighted by molar-refractivity contribution is 6.42. The molecular weight excluding hydrogens is 337 g/mol. The van der Waals surface area contributed by atoms with E-state index in [0.29, 0.717) is 10.7 Å². The summed E-state index contributed by atoms with van der Waals surface area (Å²) in [5.41, 5.74) is 2.96. The molecule has 0 radical (unpaired) electrons. The van der Waals surface area contributed by atoms with Gasteiger partial charge in [0.25, 0.3) is 5.91 Å². The van der Waals surface area contributed by atoms with Gasteiger partial charge in [0.2, 0.25) is 0 Å². The number of carbonyl (C=O) groups excluding carboxylic acids is 2. The van der Waals surface area contributed by atoms with E-state index in [2.05, 4.69) is 5.32 Å². The number of hydrogen-bond donors (Lipinski definition) is 1. The molecule has 6 heteroatoms. The van der Waals surface area contributed by atoms with E-state index >= 15 is 0 Å². The van der Waals surface area contributed by atoms with E-state index in [4.69, 9.17) is 27.9 Å². The van der Waals surface area contributed by atoms with Crippen molar-refractivity contribution in [3.05, 3.63) is 63.1 Å². The number of aryl methyl sites for hydroxylation is 1. The number of ether oxygens (including phenoxy) is 1. The van der Waals surface area contributed by atoms with E-state index in [1.807, 2.05) is 26.0 Å². The van der Waals surface area contributed by atoms with Crippen LogP contribution >= 0.6 is 23.2 Å². The molecule has 0 fully saturated rings. The van der Waals surface area contributed by atoms with Gasteiger partial charge in [-0.3, -0.25) is 4.79 Å². The highest BCUT2D eigenvalue weighted by Crippen LogP contribution is 2.23. The lowest BCUT2D eigenvalue weighted by molar-refractivity contribution is -0.119. The van der Waals surface area contributed by atoms with Gasteiger partial charge in [0.15, 0.2) is 6.61 Å². The first-order valence-electron chi connectivity index (χ1n) is 6.86. The fourth-order valence-corrected chi connectivity index (χ4v) is 2.21. The average molecular weight is 352 g/mol. The summed E-state index contributed by atoms with van der Waals surface area (Å²) < 4.78 is 4.97. The quantitative estimate of drug-likeness (QED) is 0.830. The number of esters is 1. The van der Waals surface area contributed by atoms with Crippen LogP contribution in [0.3, 0.4) is 0 Å². The van der Waals surface area contributed by atoms with Crippen LogP contribution in [0.15, 0.2) is 36.4 Å². The summed E-state index contributed by atoms with van der Waals surface area (Å²) in [4.78, 5) is 23.8. The molecule has 2 rings (SSSR count). The summed E-state index contributed by atoms with van der Waals surface area (Å²) in [5.74, 6) is -1.05. The predicted molar refractivity (Wildman–Crippen MR) is 91.3 cm³/mol. The normalized spacial score (nSPS) is 10.3. The summed E-state index contributed by atoms with van der Waals surface area (Å²) in [6, 6.07) is 9.97. The molecule has 4 nitrogen and oxygen atoms in total. The Labute approximate surface area is 144 Å². The molecule has 0 atom stereocenters. The first-order valence-corrected chi connectivity index (χ1v) is 7.62. The lowest BCUT2D eigenvalue weighted by atomic mass is 10.1. The summed E-state index contributed by atoms with van der Waals surface area (Å²) in [6.45, 7) is 3.48. The molecule has 1 amide bonds. The maximum absolute atomic E-state index is 11.9. The SMILES string of the molecule is Cc1cccc(NC(=O)COC(=O)c2ccc(Cl)c(Cl)c2)c1C. The van der Waals surface area contributed by atoms with Crippen LogP contribution in [-0.2, 0) is 9.53 Å². The Morgan fingerprint density at radius 3 is 2.52 bits per heavy atom. The van der Waals surface area contributed by atoms with Crippen molar-refractivity contribution in [1.82, 2.24) is 0 Å². The van der Waals surface area contributed by atoms with Gasteiger partial charge in [-0.15, -0.1) is 0 Å². The van der Waals surface area contributed by atoms with Crippen LogP contribution in [0.4, 0.5) is 5.69 Å². The monoisotopic (exact) mass is 351 g/mol. The highest BCUT2D eigenvalue weighted by Gasteiger charge is 2.12. The third-order valence-corrected chi connectivity index (χ3v) is 4.11. The molecule has 0 aliphatic carbocycles. The molecule has 0 heterocycles. The zero-order chi connectivity index (χ0) is 17.0. The number of hydrogen-bond acceptors (Lipinski definition) is 3. The second-order valence-corrected chi connectivity index (χ2v) is 5.82. The van der Waals surface area contributed by atoms with Gasteiger partial charge >= 0.3 is 5.97 Å². The molecule has 0 saturated heterocycles. The van der Waals surface area contributed by atoms with Crippen molar-refractivity contribution in [2.75, 3.05) is 11.9 Å². The molecule has 0 aliphatic rings. The molecule has 2 aromatic carbocycles. The van der Waals surface area contributed by atoms with Gasteiger partial charge in [0.05, 0.1) is 15.6 Å². The zero-order valence-corrected chi connectivity index (χ0v) is 14.2. The highest BCUT2D eigenvalue weighted by atomic mass is 35.5. The van der Waals surface area contributed by atoms with Crippen LogP contribution in [0.5, 0.6) is 0 Å². The second-order valence-electron chi connectivity index (χ2n) is 5.00. The van der Waals surface area contributed by atoms with Crippen LogP contribution in [0.2, 0.25) is 10.0 Å². The van der Waals surface area contributed by atoms with Crippen molar-refractivity contribution in [3.8, 4) is 0 Å². The number of benzene rings is 2. The van der Waals surface area contributed by atoms with E-state index in [1.165, 1.54) is 18.2 Å². The molecule has 0 unspecified atom stereocenters. The minimum absolute atomic E-state index is 0.235. The van der Waals surface area contributed by atoms with Crippen molar-refractivity contribution in [3.63, 3.8) is 0 Å². The van der Waals surface area contributed by atoms with Gasteiger partial charge in [-0.2, -0.15) is 0 Å². The van der Waals surface area contributed by atoms with Crippen LogP contribution in [0, 0.1) is 13.8 Å². The van der Waals surface area contributed by atoms with Crippen LogP contribution < -0.4 is 5.32 Å². The molecule has 0 saturated carbocycles. The van der Waals surface area contributed by atoms with Gasteiger partial charge < -0.3 is 10.1 Å². The van der Waals surface area contributed by atoms with Gasteiger partial charge in [-0.25, -0.2) is 4.79 Å². The molecular formula is C17H15Cl2NO3. The minimum atomic E-state index is -0.639. The van der Waals surface area contributed by atoms with Crippen molar-refractivity contribution < 1.29 is 14.3 Å². The van der Waals surface area contributed by atoms with Gasteiger partial charge in [-0.1, -0.05) is 35.3 Å². The van der Waals surface area contributed by atoms with E-state index < -0.39 is 11.9 Å². The van der Waals surface area contributed by atoms with Gasteiger partial charge in [0.1, 0.15) is 0 Å². The predicted octanol–water partition coefficient (Wildman–Crippen LogP) is 4.41. The van der Waals surface area contributed by atoms with Crippen LogP contribution in [0.1, 0.15) is 21.5 Å². The first kappa shape index (κ1) is 17.3. The smallest absolute Gasteiger partial charge is 0.338 e. The number of anilines is 1. The van der Waals surface area contributed by atoms with Crippen molar-refractivity contribution in [1.29, 1.82) is 0 Å². The topological polar surface area (TPSA) is 55.4 Å². The van der Waals surface area contributed by atoms with E-state index in [-0.39, 0.29) is 17.2 Å². The van der Waals surface area contributed by atoms with E-state index in [0.717, 1.165) is 11.1 Å². The van der Waals surface area contributed by atoms with E-state index in [9.17, 15) is 9.59 Å². The molecule has 2 aromatic rings. The molecule has 120 valence electrons. The Hall–Kier alpha value is -2.04. The minimum Gasteiger partial charge on any atom is -0.452 e. The Morgan fingerprint density at radius 1 is 1.09 bits per heavy atom. The molecule has 0 bridgehead atoms. The lowest BCUT2D eigenvalue weighted by Gasteiger charge is -2.10. The third-order valence-electron chi connectivity index (χ3n) is 3.37. The van der Waals surface area contributed by atoms with Crippen molar-refractivity contribution >= 4 is 40.8 Å². The summed E-state index contributed by atoms with van der Waals surface area (Å²) in [6.07, 6.45) is 0. The fourth-order valence-electron chi connectivity index (χ4n) is 1.91. The summed E-state index contributed by atoms with van der Waals surface area (Å²) in [7, 11) is 0. The maximum Gasteiger partial charge on any atom is 0.338 e. The average Bonchev–Trinajstić information content (AvgIpc) is 2.52. The number of carbonyl (C=O) groups is 2. The molecule has 0 aliphatic heterocycles. The van der Waals surface area contributed by atoms with Crippen LogP contribution in [-0.4, -0.2) is 18.5 Å². The zero-order valence-electron chi connectivity index (χ0n) is 12.7. The molecule has 0 spiro atoms. The largest absolute Gasteiger partial charge is 0.452 e. The van der Waals surface area contributed by atoms with Gasteiger partial charge in [0, 0.05) is 5.69 Å². The second kappa shape index (κ2) is 7.49. The first-order chi connectivity index (χ1) is 10.9. The number of nitrogens with one attached hydrogen (secondary N) is 1. The fraction of sp³-hybridized carbons (Fsp3) is 0.176. The van der Waals surface area contributed by atoms with Crippen molar-refractivity contribution in [2.24, 2.45) is 0 Å². The third kappa shape index (κ3) is 4.47. The number of amides is 1. The maximum atomic E-state index is 11.9. The van der Waals surface area contributed by atoms with Crippen LogP contribution in [0.25, 0.3) is 0 Å². The Bertz CT molecular complexity index is 759. The van der Waals surface area contributed by atoms with Crippen molar-refractivity contribution in [2.45, 2.75) is 13.8 Å². The Morgan fingerprint density at radius 2 is 1.83 bits per heavy atom.